The van der Waals surface area contributed by atoms with Crippen molar-refractivity contribution in [3.63, 3.8) is 0 Å². The molecule has 1 aromatic heterocycles. The lowest BCUT2D eigenvalue weighted by molar-refractivity contribution is -0.112. The molecule has 2 aromatic carbocycles. The lowest BCUT2D eigenvalue weighted by Crippen LogP contribution is -2.13. The molecular formula is C23H19Cl2N3O2. The van der Waals surface area contributed by atoms with Gasteiger partial charge in [-0.1, -0.05) is 29.3 Å². The number of carbonyl (C=O) groups is 1. The number of halogens is 2. The van der Waals surface area contributed by atoms with Crippen LogP contribution >= 0.6 is 23.2 Å². The first-order valence-electron chi connectivity index (χ1n) is 9.05. The minimum absolute atomic E-state index is 0.0119. The summed E-state index contributed by atoms with van der Waals surface area (Å²) in [5, 5.41) is 13.3. The summed E-state index contributed by atoms with van der Waals surface area (Å²) < 4.78 is 7.13. The Kier molecular flexibility index (Phi) is 6.51. The number of amides is 1. The Labute approximate surface area is 185 Å². The van der Waals surface area contributed by atoms with Crippen LogP contribution in [-0.4, -0.2) is 17.6 Å². The monoisotopic (exact) mass is 439 g/mol. The third-order valence-corrected chi connectivity index (χ3v) is 5.00. The van der Waals surface area contributed by atoms with Crippen molar-refractivity contribution in [2.75, 3.05) is 12.4 Å². The molecule has 0 fully saturated rings. The molecular weight excluding hydrogens is 421 g/mol. The van der Waals surface area contributed by atoms with Crippen LogP contribution in [0.5, 0.6) is 5.75 Å². The predicted octanol–water partition coefficient (Wildman–Crippen LogP) is 5.96. The van der Waals surface area contributed by atoms with Crippen LogP contribution in [0.1, 0.15) is 17.0 Å². The summed E-state index contributed by atoms with van der Waals surface area (Å²) in [7, 11) is 1.55. The quantitative estimate of drug-likeness (QED) is 0.394. The number of anilines is 1. The standard InChI is InChI=1S/C23H19Cl2N3O2/c1-14-7-16(15(2)28(14)21-10-18(24)9-19(25)11-21)8-17(13-26)23(29)27-20-5-4-6-22(12-20)30-3/h4-12H,1-3H3,(H,27,29)/b17-8-. The second-order valence-electron chi connectivity index (χ2n) is 6.65. The molecule has 152 valence electrons. The van der Waals surface area contributed by atoms with E-state index < -0.39 is 5.91 Å². The minimum atomic E-state index is -0.499. The summed E-state index contributed by atoms with van der Waals surface area (Å²) in [6.07, 6.45) is 1.57. The molecule has 0 atom stereocenters. The van der Waals surface area contributed by atoms with Crippen LogP contribution in [-0.2, 0) is 4.79 Å². The zero-order chi connectivity index (χ0) is 21.8. The van der Waals surface area contributed by atoms with Gasteiger partial charge in [-0.25, -0.2) is 0 Å². The SMILES string of the molecule is COc1cccc(NC(=O)/C(C#N)=C\c2cc(C)n(-c3cc(Cl)cc(Cl)c3)c2C)c1. The fourth-order valence-corrected chi connectivity index (χ4v) is 3.72. The van der Waals surface area contributed by atoms with Crippen molar-refractivity contribution < 1.29 is 9.53 Å². The zero-order valence-corrected chi connectivity index (χ0v) is 18.2. The number of nitrogens with zero attached hydrogens (tertiary/aromatic N) is 2. The number of aryl methyl sites for hydroxylation is 1. The third-order valence-electron chi connectivity index (χ3n) is 4.57. The molecule has 0 aliphatic rings. The topological polar surface area (TPSA) is 67.0 Å². The molecule has 1 heterocycles. The lowest BCUT2D eigenvalue weighted by Gasteiger charge is -2.11. The molecule has 0 aliphatic heterocycles. The second-order valence-corrected chi connectivity index (χ2v) is 7.52. The van der Waals surface area contributed by atoms with E-state index in [9.17, 15) is 10.1 Å². The maximum atomic E-state index is 12.6. The molecule has 1 N–H and O–H groups in total. The average molecular weight is 440 g/mol. The first-order chi connectivity index (χ1) is 14.3. The van der Waals surface area contributed by atoms with Gasteiger partial charge in [-0.15, -0.1) is 0 Å². The van der Waals surface area contributed by atoms with Crippen LogP contribution in [0.25, 0.3) is 11.8 Å². The maximum Gasteiger partial charge on any atom is 0.266 e. The molecule has 5 nitrogen and oxygen atoms in total. The molecule has 0 saturated carbocycles. The molecule has 30 heavy (non-hydrogen) atoms. The Morgan fingerprint density at radius 1 is 1.13 bits per heavy atom. The number of nitriles is 1. The molecule has 0 aliphatic carbocycles. The van der Waals surface area contributed by atoms with Gasteiger partial charge >= 0.3 is 0 Å². The summed E-state index contributed by atoms with van der Waals surface area (Å²) in [5.74, 6) is 0.111. The summed E-state index contributed by atoms with van der Waals surface area (Å²) in [6, 6.07) is 16.1. The van der Waals surface area contributed by atoms with E-state index in [1.165, 1.54) is 0 Å². The van der Waals surface area contributed by atoms with Gasteiger partial charge in [-0.05, 0) is 61.9 Å². The molecule has 0 radical (unpaired) electrons. The second kappa shape index (κ2) is 9.08. The fraction of sp³-hybridized carbons (Fsp3) is 0.130. The number of nitrogens with one attached hydrogen (secondary N) is 1. The number of rotatable bonds is 5. The van der Waals surface area contributed by atoms with Gasteiger partial charge in [-0.3, -0.25) is 4.79 Å². The van der Waals surface area contributed by atoms with Crippen molar-refractivity contribution in [2.45, 2.75) is 13.8 Å². The molecule has 0 spiro atoms. The summed E-state index contributed by atoms with van der Waals surface area (Å²) >= 11 is 12.3. The number of hydrogen-bond acceptors (Lipinski definition) is 3. The summed E-state index contributed by atoms with van der Waals surface area (Å²) in [4.78, 5) is 12.6. The van der Waals surface area contributed by atoms with Crippen LogP contribution in [0.4, 0.5) is 5.69 Å². The smallest absolute Gasteiger partial charge is 0.266 e. The molecule has 3 aromatic rings. The highest BCUT2D eigenvalue weighted by molar-refractivity contribution is 6.34. The maximum absolute atomic E-state index is 12.6. The van der Waals surface area contributed by atoms with E-state index in [2.05, 4.69) is 5.32 Å². The number of benzene rings is 2. The molecule has 3 rings (SSSR count). The summed E-state index contributed by atoms with van der Waals surface area (Å²) in [5.41, 5.74) is 3.86. The Bertz CT molecular complexity index is 1170. The highest BCUT2D eigenvalue weighted by Crippen LogP contribution is 2.27. The number of hydrogen-bond donors (Lipinski definition) is 1. The average Bonchev–Trinajstić information content (AvgIpc) is 2.98. The largest absolute Gasteiger partial charge is 0.497 e. The van der Waals surface area contributed by atoms with Gasteiger partial charge in [0.1, 0.15) is 17.4 Å². The number of aromatic nitrogens is 1. The number of methoxy groups -OCH3 is 1. The van der Waals surface area contributed by atoms with Gasteiger partial charge in [0.15, 0.2) is 0 Å². The van der Waals surface area contributed by atoms with Gasteiger partial charge in [0.05, 0.1) is 7.11 Å². The normalized spacial score (nSPS) is 11.1. The summed E-state index contributed by atoms with van der Waals surface area (Å²) in [6.45, 7) is 3.84. The molecule has 0 bridgehead atoms. The molecule has 0 saturated heterocycles. The van der Waals surface area contributed by atoms with Gasteiger partial charge in [-0.2, -0.15) is 5.26 Å². The fourth-order valence-electron chi connectivity index (χ4n) is 3.20. The van der Waals surface area contributed by atoms with Crippen molar-refractivity contribution in [1.82, 2.24) is 4.57 Å². The minimum Gasteiger partial charge on any atom is -0.497 e. The van der Waals surface area contributed by atoms with E-state index >= 15 is 0 Å². The van der Waals surface area contributed by atoms with Crippen molar-refractivity contribution in [3.05, 3.63) is 81.1 Å². The Balaban J connectivity index is 1.94. The van der Waals surface area contributed by atoms with E-state index in [0.717, 1.165) is 22.6 Å². The van der Waals surface area contributed by atoms with Crippen molar-refractivity contribution in [3.8, 4) is 17.5 Å². The first-order valence-corrected chi connectivity index (χ1v) is 9.80. The predicted molar refractivity (Wildman–Crippen MR) is 120 cm³/mol. The van der Waals surface area contributed by atoms with E-state index in [1.807, 2.05) is 42.7 Å². The Morgan fingerprint density at radius 3 is 2.47 bits per heavy atom. The molecule has 0 unspecified atom stereocenters. The van der Waals surface area contributed by atoms with Gasteiger partial charge < -0.3 is 14.6 Å². The zero-order valence-electron chi connectivity index (χ0n) is 16.7. The van der Waals surface area contributed by atoms with E-state index in [4.69, 9.17) is 27.9 Å². The van der Waals surface area contributed by atoms with Crippen LogP contribution in [0.2, 0.25) is 10.0 Å². The van der Waals surface area contributed by atoms with Crippen LogP contribution in [0, 0.1) is 25.2 Å². The van der Waals surface area contributed by atoms with Crippen LogP contribution in [0.15, 0.2) is 54.1 Å². The number of ether oxygens (including phenoxy) is 1. The lowest BCUT2D eigenvalue weighted by atomic mass is 10.1. The first kappa shape index (κ1) is 21.5. The van der Waals surface area contributed by atoms with Gasteiger partial charge in [0, 0.05) is 38.9 Å². The van der Waals surface area contributed by atoms with Crippen LogP contribution in [0.3, 0.4) is 0 Å². The Morgan fingerprint density at radius 2 is 1.83 bits per heavy atom. The Hall–Kier alpha value is -3.20. The van der Waals surface area contributed by atoms with E-state index in [-0.39, 0.29) is 5.57 Å². The molecule has 1 amide bonds. The van der Waals surface area contributed by atoms with E-state index in [0.29, 0.717) is 21.5 Å². The van der Waals surface area contributed by atoms with Crippen molar-refractivity contribution in [1.29, 1.82) is 5.26 Å². The van der Waals surface area contributed by atoms with Crippen molar-refractivity contribution in [2.24, 2.45) is 0 Å². The van der Waals surface area contributed by atoms with Gasteiger partial charge in [0.25, 0.3) is 5.91 Å². The van der Waals surface area contributed by atoms with Gasteiger partial charge in [0.2, 0.25) is 0 Å². The third kappa shape index (κ3) is 4.68. The highest BCUT2D eigenvalue weighted by Gasteiger charge is 2.15. The number of carbonyl (C=O) groups excluding carboxylic acids is 1. The van der Waals surface area contributed by atoms with Crippen molar-refractivity contribution >= 4 is 40.9 Å². The molecule has 7 heteroatoms. The van der Waals surface area contributed by atoms with E-state index in [1.54, 1.807) is 43.5 Å². The highest BCUT2D eigenvalue weighted by atomic mass is 35.5. The van der Waals surface area contributed by atoms with Crippen LogP contribution < -0.4 is 10.1 Å².